The Bertz CT molecular complexity index is 269. The summed E-state index contributed by atoms with van der Waals surface area (Å²) in [4.78, 5) is 7.92. The summed E-state index contributed by atoms with van der Waals surface area (Å²) in [5, 5.41) is 3.14. The van der Waals surface area contributed by atoms with E-state index in [0.717, 1.165) is 16.8 Å². The van der Waals surface area contributed by atoms with E-state index < -0.39 is 0 Å². The molecule has 1 unspecified atom stereocenters. The molecule has 4 nitrogen and oxygen atoms in total. The lowest BCUT2D eigenvalue weighted by molar-refractivity contribution is 0.128. The molecule has 1 N–H and O–H groups in total. The Labute approximate surface area is 85.9 Å². The van der Waals surface area contributed by atoms with Gasteiger partial charge in [-0.3, -0.25) is 0 Å². The van der Waals surface area contributed by atoms with Gasteiger partial charge in [-0.2, -0.15) is 0 Å². The summed E-state index contributed by atoms with van der Waals surface area (Å²) in [5.74, 6) is 0.791. The topological polar surface area (TPSA) is 47.0 Å². The molecule has 13 heavy (non-hydrogen) atoms. The van der Waals surface area contributed by atoms with Gasteiger partial charge in [0.15, 0.2) is 0 Å². The van der Waals surface area contributed by atoms with Gasteiger partial charge in [0.25, 0.3) is 0 Å². The highest BCUT2D eigenvalue weighted by Crippen LogP contribution is 2.16. The predicted octanol–water partition coefficient (Wildman–Crippen LogP) is 1.69. The minimum atomic E-state index is 0.168. The fraction of sp³-hybridized carbons (Fsp3) is 0.500. The van der Waals surface area contributed by atoms with Crippen LogP contribution in [0.25, 0.3) is 0 Å². The second-order valence-corrected chi connectivity index (χ2v) is 3.50. The van der Waals surface area contributed by atoms with Crippen molar-refractivity contribution in [3.63, 3.8) is 0 Å². The van der Waals surface area contributed by atoms with Crippen LogP contribution in [0.1, 0.15) is 6.92 Å². The highest BCUT2D eigenvalue weighted by molar-refractivity contribution is 9.10. The quantitative estimate of drug-likeness (QED) is 0.878. The van der Waals surface area contributed by atoms with Crippen molar-refractivity contribution in [2.45, 2.75) is 13.0 Å². The van der Waals surface area contributed by atoms with Gasteiger partial charge in [0, 0.05) is 19.9 Å². The Morgan fingerprint density at radius 3 is 3.08 bits per heavy atom. The average Bonchev–Trinajstić information content (AvgIpc) is 2.16. The van der Waals surface area contributed by atoms with Crippen molar-refractivity contribution in [3.05, 3.63) is 17.0 Å². The van der Waals surface area contributed by atoms with Crippen molar-refractivity contribution in [1.82, 2.24) is 9.97 Å². The summed E-state index contributed by atoms with van der Waals surface area (Å²) < 4.78 is 5.95. The third-order valence-electron chi connectivity index (χ3n) is 1.63. The van der Waals surface area contributed by atoms with Crippen molar-refractivity contribution in [1.29, 1.82) is 0 Å². The van der Waals surface area contributed by atoms with Crippen LogP contribution in [0.3, 0.4) is 0 Å². The van der Waals surface area contributed by atoms with E-state index in [2.05, 4.69) is 31.2 Å². The number of ether oxygens (including phenoxy) is 1. The first-order valence-electron chi connectivity index (χ1n) is 3.96. The van der Waals surface area contributed by atoms with Gasteiger partial charge in [-0.25, -0.2) is 9.97 Å². The first-order valence-corrected chi connectivity index (χ1v) is 4.75. The summed E-state index contributed by atoms with van der Waals surface area (Å²) in [6, 6.07) is 0. The molecule has 0 spiro atoms. The number of nitrogens with one attached hydrogen (secondary N) is 1. The summed E-state index contributed by atoms with van der Waals surface area (Å²) in [6.45, 7) is 2.72. The van der Waals surface area contributed by atoms with E-state index in [9.17, 15) is 0 Å². The molecule has 0 amide bonds. The van der Waals surface area contributed by atoms with Crippen LogP contribution in [-0.4, -0.2) is 29.7 Å². The summed E-state index contributed by atoms with van der Waals surface area (Å²) in [6.07, 6.45) is 3.37. The smallest absolute Gasteiger partial charge is 0.143 e. The third kappa shape index (κ3) is 3.28. The third-order valence-corrected chi connectivity index (χ3v) is 2.21. The minimum absolute atomic E-state index is 0.168. The van der Waals surface area contributed by atoms with Crippen molar-refractivity contribution >= 4 is 21.7 Å². The molecule has 0 fully saturated rings. The highest BCUT2D eigenvalue weighted by atomic mass is 79.9. The number of anilines is 1. The SMILES string of the molecule is COC(C)CNc1ncncc1Br. The molecule has 1 aromatic heterocycles. The van der Waals surface area contributed by atoms with E-state index in [-0.39, 0.29) is 6.10 Å². The molecule has 72 valence electrons. The lowest BCUT2D eigenvalue weighted by Crippen LogP contribution is -2.18. The van der Waals surface area contributed by atoms with E-state index in [0.29, 0.717) is 0 Å². The molecule has 0 aliphatic heterocycles. The van der Waals surface area contributed by atoms with Gasteiger partial charge < -0.3 is 10.1 Å². The number of hydrogen-bond acceptors (Lipinski definition) is 4. The molecular formula is C8H12BrN3O. The van der Waals surface area contributed by atoms with Gasteiger partial charge in [-0.05, 0) is 22.9 Å². The van der Waals surface area contributed by atoms with E-state index in [4.69, 9.17) is 4.74 Å². The molecule has 1 heterocycles. The lowest BCUT2D eigenvalue weighted by atomic mass is 10.4. The van der Waals surface area contributed by atoms with Crippen molar-refractivity contribution in [2.24, 2.45) is 0 Å². The normalized spacial score (nSPS) is 12.5. The van der Waals surface area contributed by atoms with Crippen LogP contribution >= 0.6 is 15.9 Å². The van der Waals surface area contributed by atoms with Crippen LogP contribution in [0.15, 0.2) is 17.0 Å². The van der Waals surface area contributed by atoms with Gasteiger partial charge in [0.05, 0.1) is 10.6 Å². The molecule has 1 rings (SSSR count). The van der Waals surface area contributed by atoms with Gasteiger partial charge in [-0.1, -0.05) is 0 Å². The zero-order valence-electron chi connectivity index (χ0n) is 7.62. The minimum Gasteiger partial charge on any atom is -0.380 e. The molecule has 0 radical (unpaired) electrons. The van der Waals surface area contributed by atoms with Crippen LogP contribution in [0.2, 0.25) is 0 Å². The number of rotatable bonds is 4. The monoisotopic (exact) mass is 245 g/mol. The molecule has 1 atom stereocenters. The standard InChI is InChI=1S/C8H12BrN3O/c1-6(13-2)3-11-8-7(9)4-10-5-12-8/h4-6H,3H2,1-2H3,(H,10,11,12). The van der Waals surface area contributed by atoms with Gasteiger partial charge in [0.2, 0.25) is 0 Å². The lowest BCUT2D eigenvalue weighted by Gasteiger charge is -2.11. The predicted molar refractivity (Wildman–Crippen MR) is 54.7 cm³/mol. The molecule has 0 saturated heterocycles. The summed E-state index contributed by atoms with van der Waals surface area (Å²) in [7, 11) is 1.68. The van der Waals surface area contributed by atoms with Crippen LogP contribution in [0.5, 0.6) is 0 Å². The van der Waals surface area contributed by atoms with Gasteiger partial charge in [0.1, 0.15) is 12.1 Å². The molecule has 0 aliphatic rings. The Balaban J connectivity index is 2.50. The zero-order valence-corrected chi connectivity index (χ0v) is 9.21. The Hall–Kier alpha value is -0.680. The maximum absolute atomic E-state index is 5.09. The molecular weight excluding hydrogens is 234 g/mol. The van der Waals surface area contributed by atoms with Crippen LogP contribution < -0.4 is 5.32 Å². The first kappa shape index (κ1) is 10.4. The fourth-order valence-corrected chi connectivity index (χ4v) is 1.13. The van der Waals surface area contributed by atoms with Crippen LogP contribution in [0.4, 0.5) is 5.82 Å². The maximum atomic E-state index is 5.09. The van der Waals surface area contributed by atoms with E-state index in [1.165, 1.54) is 6.33 Å². The molecule has 1 aromatic rings. The second-order valence-electron chi connectivity index (χ2n) is 2.65. The molecule has 0 aliphatic carbocycles. The van der Waals surface area contributed by atoms with Gasteiger partial charge in [-0.15, -0.1) is 0 Å². The first-order chi connectivity index (χ1) is 6.24. The molecule has 0 aromatic carbocycles. The van der Waals surface area contributed by atoms with Gasteiger partial charge >= 0.3 is 0 Å². The number of nitrogens with zero attached hydrogens (tertiary/aromatic N) is 2. The Morgan fingerprint density at radius 1 is 1.69 bits per heavy atom. The van der Waals surface area contributed by atoms with Crippen molar-refractivity contribution < 1.29 is 4.74 Å². The van der Waals surface area contributed by atoms with E-state index in [1.54, 1.807) is 13.3 Å². The summed E-state index contributed by atoms with van der Waals surface area (Å²) >= 11 is 3.34. The average molecular weight is 246 g/mol. The maximum Gasteiger partial charge on any atom is 0.143 e. The Morgan fingerprint density at radius 2 is 2.46 bits per heavy atom. The van der Waals surface area contributed by atoms with E-state index in [1.807, 2.05) is 6.92 Å². The molecule has 5 heteroatoms. The fourth-order valence-electron chi connectivity index (χ4n) is 0.766. The molecule has 0 saturated carbocycles. The number of hydrogen-bond donors (Lipinski definition) is 1. The molecule has 0 bridgehead atoms. The second kappa shape index (κ2) is 5.14. The van der Waals surface area contributed by atoms with Crippen LogP contribution in [0, 0.1) is 0 Å². The number of halogens is 1. The zero-order chi connectivity index (χ0) is 9.68. The Kier molecular flexibility index (Phi) is 4.11. The number of methoxy groups -OCH3 is 1. The summed E-state index contributed by atoms with van der Waals surface area (Å²) in [5.41, 5.74) is 0. The van der Waals surface area contributed by atoms with Crippen molar-refractivity contribution in [2.75, 3.05) is 19.0 Å². The number of aromatic nitrogens is 2. The van der Waals surface area contributed by atoms with Crippen LogP contribution in [-0.2, 0) is 4.74 Å². The highest BCUT2D eigenvalue weighted by Gasteiger charge is 2.02. The largest absolute Gasteiger partial charge is 0.380 e. The van der Waals surface area contributed by atoms with E-state index >= 15 is 0 Å². The van der Waals surface area contributed by atoms with Crippen molar-refractivity contribution in [3.8, 4) is 0 Å².